The highest BCUT2D eigenvalue weighted by molar-refractivity contribution is 6.31. The van der Waals surface area contributed by atoms with Crippen LogP contribution in [-0.2, 0) is 15.8 Å². The number of carboxylic acids is 1. The lowest BCUT2D eigenvalue weighted by atomic mass is 9.96. The summed E-state index contributed by atoms with van der Waals surface area (Å²) in [5.41, 5.74) is -0.630. The van der Waals surface area contributed by atoms with E-state index in [1.807, 2.05) is 0 Å². The summed E-state index contributed by atoms with van der Waals surface area (Å²) in [4.78, 5) is 17.1. The maximum absolute atomic E-state index is 14.4. The third-order valence-corrected chi connectivity index (χ3v) is 5.23. The third kappa shape index (κ3) is 3.81. The molecule has 1 aliphatic heterocycles. The second kappa shape index (κ2) is 8.12. The highest BCUT2D eigenvalue weighted by atomic mass is 35.5. The molecule has 0 saturated carbocycles. The first-order chi connectivity index (χ1) is 15.1. The van der Waals surface area contributed by atoms with Gasteiger partial charge in [0, 0.05) is 15.6 Å². The zero-order valence-electron chi connectivity index (χ0n) is 15.6. The molecular weight excluding hydrogens is 477 g/mol. The highest BCUT2D eigenvalue weighted by Crippen LogP contribution is 2.43. The number of rotatable bonds is 4. The fourth-order valence-electron chi connectivity index (χ4n) is 3.36. The normalized spacial score (nSPS) is 16.4. The van der Waals surface area contributed by atoms with Gasteiger partial charge in [0.25, 0.3) is 0 Å². The summed E-state index contributed by atoms with van der Waals surface area (Å²) >= 11 is 11.9. The Bertz CT molecular complexity index is 1240. The average Bonchev–Trinajstić information content (AvgIpc) is 3.32. The van der Waals surface area contributed by atoms with Crippen LogP contribution in [-0.4, -0.2) is 20.9 Å². The number of hydrogen-bond donors (Lipinski definition) is 2. The van der Waals surface area contributed by atoms with Gasteiger partial charge < -0.3 is 9.94 Å². The monoisotopic (exact) mass is 487 g/mol. The molecule has 0 spiro atoms. The molecule has 0 aliphatic carbocycles. The number of hydrogen-bond acceptors (Lipinski definition) is 4. The summed E-state index contributed by atoms with van der Waals surface area (Å²) in [6.45, 7) is 0. The first-order valence-corrected chi connectivity index (χ1v) is 9.60. The fraction of sp³-hybridized carbons (Fsp3) is 0.100. The lowest BCUT2D eigenvalue weighted by molar-refractivity contribution is -0.143. The lowest BCUT2D eigenvalue weighted by Gasteiger charge is -2.13. The molecule has 6 nitrogen and oxygen atoms in total. The van der Waals surface area contributed by atoms with Crippen molar-refractivity contribution in [3.8, 4) is 5.69 Å². The average molecular weight is 488 g/mol. The Labute approximate surface area is 187 Å². The van der Waals surface area contributed by atoms with Gasteiger partial charge in [-0.05, 0) is 30.3 Å². The molecule has 0 saturated heterocycles. The Morgan fingerprint density at radius 1 is 1.19 bits per heavy atom. The molecule has 1 aliphatic rings. The van der Waals surface area contributed by atoms with E-state index in [1.165, 1.54) is 36.4 Å². The van der Waals surface area contributed by atoms with Gasteiger partial charge in [-0.1, -0.05) is 35.3 Å². The standard InChI is InChI=1S/C20H11Cl2F4N3O3/c21-9-3-1-4-10(7-9)29-18(20(24,25)26)11(8-27-29)17-15(19(30)31)16(28-32-17)14-12(22)5-2-6-13(14)23/h1-8,16,28H,(H,30,31). The van der Waals surface area contributed by atoms with Gasteiger partial charge in [-0.3, -0.25) is 0 Å². The molecule has 3 aromatic rings. The van der Waals surface area contributed by atoms with Gasteiger partial charge >= 0.3 is 12.1 Å². The van der Waals surface area contributed by atoms with Crippen LogP contribution >= 0.6 is 23.2 Å². The molecular formula is C20H11Cl2F4N3O3. The zero-order chi connectivity index (χ0) is 23.2. The van der Waals surface area contributed by atoms with Crippen LogP contribution < -0.4 is 5.48 Å². The van der Waals surface area contributed by atoms with Crippen molar-refractivity contribution >= 4 is 34.9 Å². The molecule has 32 heavy (non-hydrogen) atoms. The minimum absolute atomic E-state index is 0.00629. The van der Waals surface area contributed by atoms with E-state index in [-0.39, 0.29) is 21.3 Å². The molecule has 0 radical (unpaired) electrons. The number of aromatic nitrogens is 2. The second-order valence-electron chi connectivity index (χ2n) is 6.63. The molecule has 2 heterocycles. The maximum atomic E-state index is 14.4. The van der Waals surface area contributed by atoms with Crippen molar-refractivity contribution in [2.45, 2.75) is 12.2 Å². The summed E-state index contributed by atoms with van der Waals surface area (Å²) in [6.07, 6.45) is -4.14. The quantitative estimate of drug-likeness (QED) is 0.481. The molecule has 1 unspecified atom stereocenters. The summed E-state index contributed by atoms with van der Waals surface area (Å²) in [5.74, 6) is -3.15. The smallest absolute Gasteiger partial charge is 0.434 e. The Hall–Kier alpha value is -3.08. The Morgan fingerprint density at radius 2 is 1.91 bits per heavy atom. The van der Waals surface area contributed by atoms with Crippen molar-refractivity contribution in [1.29, 1.82) is 0 Å². The first-order valence-electron chi connectivity index (χ1n) is 8.85. The largest absolute Gasteiger partial charge is 0.478 e. The minimum atomic E-state index is -4.96. The van der Waals surface area contributed by atoms with E-state index < -0.39 is 46.6 Å². The SMILES string of the molecule is O=C(O)C1=C(c2cnn(-c3cccc(Cl)c3)c2C(F)(F)F)ONC1c1c(F)cccc1Cl. The van der Waals surface area contributed by atoms with Crippen molar-refractivity contribution in [2.24, 2.45) is 0 Å². The molecule has 1 aromatic heterocycles. The van der Waals surface area contributed by atoms with Gasteiger partial charge in [-0.15, -0.1) is 5.48 Å². The fourth-order valence-corrected chi connectivity index (χ4v) is 3.82. The zero-order valence-corrected chi connectivity index (χ0v) is 17.1. The van der Waals surface area contributed by atoms with Gasteiger partial charge in [-0.25, -0.2) is 13.9 Å². The molecule has 166 valence electrons. The number of alkyl halides is 3. The molecule has 4 rings (SSSR count). The van der Waals surface area contributed by atoms with Crippen LogP contribution in [0.1, 0.15) is 22.9 Å². The molecule has 0 fully saturated rings. The van der Waals surface area contributed by atoms with E-state index in [4.69, 9.17) is 28.0 Å². The Kier molecular flexibility index (Phi) is 5.61. The number of halogens is 6. The van der Waals surface area contributed by atoms with Crippen LogP contribution in [0.2, 0.25) is 10.0 Å². The Balaban J connectivity index is 1.94. The number of carboxylic acid groups (broad SMARTS) is 1. The van der Waals surface area contributed by atoms with Crippen molar-refractivity contribution in [3.05, 3.63) is 86.9 Å². The number of hydroxylamine groups is 1. The van der Waals surface area contributed by atoms with Crippen LogP contribution in [0.25, 0.3) is 11.4 Å². The predicted molar refractivity (Wildman–Crippen MR) is 107 cm³/mol. The van der Waals surface area contributed by atoms with E-state index in [2.05, 4.69) is 10.6 Å². The lowest BCUT2D eigenvalue weighted by Crippen LogP contribution is -2.20. The molecule has 2 aromatic carbocycles. The second-order valence-corrected chi connectivity index (χ2v) is 7.48. The first kappa shape index (κ1) is 22.1. The number of carbonyl (C=O) groups is 1. The van der Waals surface area contributed by atoms with Crippen LogP contribution in [0.5, 0.6) is 0 Å². The van der Waals surface area contributed by atoms with Gasteiger partial charge in [0.1, 0.15) is 17.4 Å². The van der Waals surface area contributed by atoms with Gasteiger partial charge in [0.15, 0.2) is 11.5 Å². The van der Waals surface area contributed by atoms with E-state index in [0.717, 1.165) is 12.3 Å². The van der Waals surface area contributed by atoms with E-state index in [0.29, 0.717) is 4.68 Å². The molecule has 1 atom stereocenters. The molecule has 0 bridgehead atoms. The van der Waals surface area contributed by atoms with Crippen molar-refractivity contribution in [2.75, 3.05) is 0 Å². The topological polar surface area (TPSA) is 76.4 Å². The maximum Gasteiger partial charge on any atom is 0.434 e. The predicted octanol–water partition coefficient (Wildman–Crippen LogP) is 5.41. The number of benzene rings is 2. The van der Waals surface area contributed by atoms with E-state index in [9.17, 15) is 27.5 Å². The number of nitrogens with zero attached hydrogens (tertiary/aromatic N) is 2. The van der Waals surface area contributed by atoms with Crippen molar-refractivity contribution < 1.29 is 32.3 Å². The molecule has 12 heteroatoms. The van der Waals surface area contributed by atoms with Gasteiger partial charge in [0.05, 0.1) is 17.4 Å². The van der Waals surface area contributed by atoms with E-state index in [1.54, 1.807) is 0 Å². The van der Waals surface area contributed by atoms with Crippen LogP contribution in [0, 0.1) is 5.82 Å². The van der Waals surface area contributed by atoms with E-state index >= 15 is 0 Å². The van der Waals surface area contributed by atoms with Gasteiger partial charge in [0.2, 0.25) is 0 Å². The molecule has 0 amide bonds. The summed E-state index contributed by atoms with van der Waals surface area (Å²) in [5, 5.41) is 13.6. The third-order valence-electron chi connectivity index (χ3n) is 4.67. The number of nitrogens with one attached hydrogen (secondary N) is 1. The van der Waals surface area contributed by atoms with Crippen LogP contribution in [0.3, 0.4) is 0 Å². The van der Waals surface area contributed by atoms with Crippen LogP contribution in [0.15, 0.2) is 54.2 Å². The summed E-state index contributed by atoms with van der Waals surface area (Å²) in [7, 11) is 0. The molecule has 2 N–H and O–H groups in total. The summed E-state index contributed by atoms with van der Waals surface area (Å²) < 4.78 is 57.1. The minimum Gasteiger partial charge on any atom is -0.478 e. The highest BCUT2D eigenvalue weighted by Gasteiger charge is 2.44. The van der Waals surface area contributed by atoms with Gasteiger partial charge in [-0.2, -0.15) is 18.3 Å². The number of aliphatic carboxylic acids is 1. The van der Waals surface area contributed by atoms with Crippen molar-refractivity contribution in [1.82, 2.24) is 15.3 Å². The van der Waals surface area contributed by atoms with Crippen LogP contribution in [0.4, 0.5) is 17.6 Å². The summed E-state index contributed by atoms with van der Waals surface area (Å²) in [6, 6.07) is 7.71. The van der Waals surface area contributed by atoms with Crippen molar-refractivity contribution in [3.63, 3.8) is 0 Å². The Morgan fingerprint density at radius 3 is 2.53 bits per heavy atom.